The minimum Gasteiger partial charge on any atom is -0.480 e. The second-order valence-corrected chi connectivity index (χ2v) is 7.69. The highest BCUT2D eigenvalue weighted by Gasteiger charge is 2.26. The molecule has 6 nitrogen and oxygen atoms in total. The van der Waals surface area contributed by atoms with Gasteiger partial charge in [-0.3, -0.25) is 4.79 Å². The van der Waals surface area contributed by atoms with E-state index >= 15 is 0 Å². The summed E-state index contributed by atoms with van der Waals surface area (Å²) in [5.74, 6) is -1.29. The average Bonchev–Trinajstić information content (AvgIpc) is 2.67. The molecule has 0 aliphatic heterocycles. The van der Waals surface area contributed by atoms with Crippen LogP contribution in [0.1, 0.15) is 11.1 Å². The highest BCUT2D eigenvalue weighted by atomic mass is 32.2. The molecule has 1 atom stereocenters. The lowest BCUT2D eigenvalue weighted by atomic mass is 10.0. The topological polar surface area (TPSA) is 107 Å². The van der Waals surface area contributed by atoms with Crippen molar-refractivity contribution >= 4 is 26.8 Å². The first-order valence-electron chi connectivity index (χ1n) is 8.12. The molecule has 3 rings (SSSR count). The monoisotopic (exact) mass is 380 g/mol. The van der Waals surface area contributed by atoms with Gasteiger partial charge in [0.2, 0.25) is 10.0 Å². The van der Waals surface area contributed by atoms with Gasteiger partial charge in [0.25, 0.3) is 0 Å². The van der Waals surface area contributed by atoms with Crippen molar-refractivity contribution in [3.05, 3.63) is 77.9 Å². The third kappa shape index (κ3) is 4.14. The van der Waals surface area contributed by atoms with E-state index in [-0.39, 0.29) is 11.3 Å². The molecule has 2 N–H and O–H groups in total. The predicted molar refractivity (Wildman–Crippen MR) is 101 cm³/mol. The van der Waals surface area contributed by atoms with Gasteiger partial charge in [0.15, 0.2) is 0 Å². The maximum absolute atomic E-state index is 12.8. The highest BCUT2D eigenvalue weighted by molar-refractivity contribution is 7.89. The number of nitrogens with zero attached hydrogens (tertiary/aromatic N) is 1. The standard InChI is InChI=1S/C20H16N2O4S/c21-13-15-6-3-5-14(11-15)12-18(20(23)24)22-27(25,26)19-10-4-8-16-7-1-2-9-17(16)19/h1-11,18,22H,12H2,(H,23,24). The van der Waals surface area contributed by atoms with E-state index in [9.17, 15) is 18.3 Å². The number of carboxylic acid groups (broad SMARTS) is 1. The van der Waals surface area contributed by atoms with Crippen molar-refractivity contribution in [3.8, 4) is 6.07 Å². The van der Waals surface area contributed by atoms with Gasteiger partial charge in [-0.1, -0.05) is 48.5 Å². The van der Waals surface area contributed by atoms with Crippen LogP contribution in [0.15, 0.2) is 71.6 Å². The second kappa shape index (κ2) is 7.58. The van der Waals surface area contributed by atoms with Gasteiger partial charge < -0.3 is 5.11 Å². The van der Waals surface area contributed by atoms with Gasteiger partial charge in [0, 0.05) is 5.39 Å². The SMILES string of the molecule is N#Cc1cccc(CC(NS(=O)(=O)c2cccc3ccccc23)C(=O)O)c1. The zero-order chi connectivity index (χ0) is 19.4. The van der Waals surface area contributed by atoms with Crippen LogP contribution in [0.2, 0.25) is 0 Å². The zero-order valence-corrected chi connectivity index (χ0v) is 15.0. The van der Waals surface area contributed by atoms with Crippen LogP contribution in [0.5, 0.6) is 0 Å². The number of nitriles is 1. The Balaban J connectivity index is 1.93. The summed E-state index contributed by atoms with van der Waals surface area (Å²) < 4.78 is 28.0. The maximum Gasteiger partial charge on any atom is 0.322 e. The Morgan fingerprint density at radius 3 is 2.52 bits per heavy atom. The molecule has 0 amide bonds. The molecule has 0 saturated heterocycles. The summed E-state index contributed by atoms with van der Waals surface area (Å²) in [7, 11) is -4.06. The number of carbonyl (C=O) groups is 1. The molecule has 0 saturated carbocycles. The Hall–Kier alpha value is -3.21. The van der Waals surface area contributed by atoms with Crippen LogP contribution in [0.4, 0.5) is 0 Å². The second-order valence-electron chi connectivity index (χ2n) is 6.01. The molecular formula is C20H16N2O4S. The van der Waals surface area contributed by atoms with E-state index in [1.807, 2.05) is 6.07 Å². The molecule has 27 heavy (non-hydrogen) atoms. The minimum atomic E-state index is -4.06. The minimum absolute atomic E-state index is 0.0256. The van der Waals surface area contributed by atoms with E-state index in [4.69, 9.17) is 5.26 Å². The van der Waals surface area contributed by atoms with Gasteiger partial charge in [-0.25, -0.2) is 8.42 Å². The van der Waals surface area contributed by atoms with E-state index in [0.717, 1.165) is 5.39 Å². The normalized spacial score (nSPS) is 12.4. The smallest absolute Gasteiger partial charge is 0.322 e. The molecule has 0 aliphatic carbocycles. The molecule has 136 valence electrons. The van der Waals surface area contributed by atoms with Crippen molar-refractivity contribution in [1.29, 1.82) is 5.26 Å². The van der Waals surface area contributed by atoms with Crippen LogP contribution in [0.25, 0.3) is 10.8 Å². The molecular weight excluding hydrogens is 364 g/mol. The first-order chi connectivity index (χ1) is 12.9. The van der Waals surface area contributed by atoms with Crippen molar-refractivity contribution in [2.75, 3.05) is 0 Å². The molecule has 0 aromatic heterocycles. The van der Waals surface area contributed by atoms with Crippen LogP contribution in [0, 0.1) is 11.3 Å². The van der Waals surface area contributed by atoms with Gasteiger partial charge in [0.05, 0.1) is 16.5 Å². The van der Waals surface area contributed by atoms with Crippen LogP contribution >= 0.6 is 0 Å². The highest BCUT2D eigenvalue weighted by Crippen LogP contribution is 2.23. The Morgan fingerprint density at radius 2 is 1.78 bits per heavy atom. The number of carboxylic acids is 1. The third-order valence-corrected chi connectivity index (χ3v) is 5.66. The largest absolute Gasteiger partial charge is 0.480 e. The summed E-state index contributed by atoms with van der Waals surface area (Å²) >= 11 is 0. The molecule has 0 bridgehead atoms. The Kier molecular flexibility index (Phi) is 5.21. The van der Waals surface area contributed by atoms with Gasteiger partial charge in [0.1, 0.15) is 6.04 Å². The van der Waals surface area contributed by atoms with Gasteiger partial charge in [-0.2, -0.15) is 9.98 Å². The van der Waals surface area contributed by atoms with Crippen LogP contribution in [-0.2, 0) is 21.2 Å². The van der Waals surface area contributed by atoms with Crippen molar-refractivity contribution in [1.82, 2.24) is 4.72 Å². The van der Waals surface area contributed by atoms with E-state index in [1.54, 1.807) is 60.7 Å². The summed E-state index contributed by atoms with van der Waals surface area (Å²) in [6.07, 6.45) is -0.0746. The first-order valence-corrected chi connectivity index (χ1v) is 9.61. The van der Waals surface area contributed by atoms with Crippen molar-refractivity contribution < 1.29 is 18.3 Å². The van der Waals surface area contributed by atoms with Gasteiger partial charge in [-0.05, 0) is 35.6 Å². The first kappa shape index (κ1) is 18.6. The van der Waals surface area contributed by atoms with Crippen LogP contribution in [-0.4, -0.2) is 25.5 Å². The summed E-state index contributed by atoms with van der Waals surface area (Å²) in [6, 6.07) is 18.9. The summed E-state index contributed by atoms with van der Waals surface area (Å²) in [6.45, 7) is 0. The number of hydrogen-bond donors (Lipinski definition) is 2. The quantitative estimate of drug-likeness (QED) is 0.684. The average molecular weight is 380 g/mol. The Labute approximate surface area is 156 Å². The lowest BCUT2D eigenvalue weighted by Crippen LogP contribution is -2.42. The number of rotatable bonds is 6. The number of benzene rings is 3. The lowest BCUT2D eigenvalue weighted by Gasteiger charge is -2.16. The lowest BCUT2D eigenvalue weighted by molar-refractivity contribution is -0.138. The fourth-order valence-electron chi connectivity index (χ4n) is 2.86. The summed E-state index contributed by atoms with van der Waals surface area (Å²) in [4.78, 5) is 11.7. The van der Waals surface area contributed by atoms with Gasteiger partial charge in [-0.15, -0.1) is 0 Å². The zero-order valence-electron chi connectivity index (χ0n) is 14.2. The number of hydrogen-bond acceptors (Lipinski definition) is 4. The molecule has 7 heteroatoms. The van der Waals surface area contributed by atoms with Crippen LogP contribution < -0.4 is 4.72 Å². The Morgan fingerprint density at radius 1 is 1.07 bits per heavy atom. The number of aliphatic carboxylic acids is 1. The summed E-state index contributed by atoms with van der Waals surface area (Å²) in [5, 5.41) is 19.7. The van der Waals surface area contributed by atoms with E-state index in [2.05, 4.69) is 4.72 Å². The molecule has 3 aromatic rings. The fraction of sp³-hybridized carbons (Fsp3) is 0.100. The molecule has 0 aliphatic rings. The van der Waals surface area contributed by atoms with Crippen molar-refractivity contribution in [2.45, 2.75) is 17.4 Å². The molecule has 0 heterocycles. The fourth-order valence-corrected chi connectivity index (χ4v) is 4.28. The Bertz CT molecular complexity index is 1140. The number of sulfonamides is 1. The van der Waals surface area contributed by atoms with E-state index < -0.39 is 22.0 Å². The summed E-state index contributed by atoms with van der Waals surface area (Å²) in [5.41, 5.74) is 0.940. The number of fused-ring (bicyclic) bond motifs is 1. The molecule has 1 unspecified atom stereocenters. The van der Waals surface area contributed by atoms with Crippen molar-refractivity contribution in [2.24, 2.45) is 0 Å². The van der Waals surface area contributed by atoms with E-state index in [0.29, 0.717) is 16.5 Å². The predicted octanol–water partition coefficient (Wildman–Crippen LogP) is 2.69. The number of nitrogens with one attached hydrogen (secondary N) is 1. The molecule has 3 aromatic carbocycles. The van der Waals surface area contributed by atoms with Crippen molar-refractivity contribution in [3.63, 3.8) is 0 Å². The molecule has 0 spiro atoms. The molecule has 0 fully saturated rings. The molecule has 0 radical (unpaired) electrons. The van der Waals surface area contributed by atoms with Crippen LogP contribution in [0.3, 0.4) is 0 Å². The van der Waals surface area contributed by atoms with Gasteiger partial charge >= 0.3 is 5.97 Å². The maximum atomic E-state index is 12.8. The third-order valence-electron chi connectivity index (χ3n) is 4.13. The van der Waals surface area contributed by atoms with E-state index in [1.165, 1.54) is 6.07 Å².